The zero-order chi connectivity index (χ0) is 13.7. The number of carboxylic acid groups (broad SMARTS) is 1. The van der Waals surface area contributed by atoms with Crippen molar-refractivity contribution in [3.8, 4) is 10.8 Å². The van der Waals surface area contributed by atoms with Crippen molar-refractivity contribution in [1.82, 2.24) is 10.3 Å². The Labute approximate surface area is 115 Å². The zero-order valence-electron chi connectivity index (χ0n) is 10.6. The minimum atomic E-state index is -0.830. The quantitative estimate of drug-likeness (QED) is 0.815. The van der Waals surface area contributed by atoms with Crippen molar-refractivity contribution in [3.63, 3.8) is 0 Å². The van der Waals surface area contributed by atoms with Crippen molar-refractivity contribution in [1.29, 1.82) is 0 Å². The highest BCUT2D eigenvalue weighted by Crippen LogP contribution is 2.23. The first-order valence-corrected chi connectivity index (χ1v) is 7.03. The summed E-state index contributed by atoms with van der Waals surface area (Å²) in [6.45, 7) is 2.36. The Kier molecular flexibility index (Phi) is 4.70. The minimum Gasteiger partial charge on any atom is -0.480 e. The van der Waals surface area contributed by atoms with Gasteiger partial charge in [0.15, 0.2) is 0 Å². The molecule has 0 aliphatic heterocycles. The molecule has 5 nitrogen and oxygen atoms in total. The van der Waals surface area contributed by atoms with Crippen LogP contribution in [0, 0.1) is 0 Å². The van der Waals surface area contributed by atoms with E-state index in [0.29, 0.717) is 24.6 Å². The van der Waals surface area contributed by atoms with Crippen molar-refractivity contribution in [2.45, 2.75) is 32.4 Å². The summed E-state index contributed by atoms with van der Waals surface area (Å²) in [4.78, 5) is 16.3. The zero-order valence-corrected chi connectivity index (χ0v) is 11.4. The van der Waals surface area contributed by atoms with E-state index in [-0.39, 0.29) is 0 Å². The molecular weight excluding hydrogens is 264 g/mol. The van der Waals surface area contributed by atoms with Crippen LogP contribution in [0.4, 0.5) is 0 Å². The maximum atomic E-state index is 11.0. The highest BCUT2D eigenvalue weighted by Gasteiger charge is 2.16. The van der Waals surface area contributed by atoms with E-state index in [0.717, 1.165) is 11.3 Å². The van der Waals surface area contributed by atoms with Crippen molar-refractivity contribution >= 4 is 17.3 Å². The third kappa shape index (κ3) is 3.65. The van der Waals surface area contributed by atoms with Gasteiger partial charge in [0.25, 0.3) is 0 Å². The lowest BCUT2D eigenvalue weighted by Crippen LogP contribution is -2.36. The summed E-state index contributed by atoms with van der Waals surface area (Å²) in [5.41, 5.74) is 0.714. The fourth-order valence-electron chi connectivity index (χ4n) is 1.73. The van der Waals surface area contributed by atoms with E-state index in [9.17, 15) is 4.79 Å². The third-order valence-electron chi connectivity index (χ3n) is 2.69. The second-order valence-corrected chi connectivity index (χ2v) is 5.13. The van der Waals surface area contributed by atoms with Crippen LogP contribution in [-0.2, 0) is 11.3 Å². The number of hydrogen-bond acceptors (Lipinski definition) is 5. The van der Waals surface area contributed by atoms with Gasteiger partial charge >= 0.3 is 5.97 Å². The molecule has 1 unspecified atom stereocenters. The number of aromatic nitrogens is 1. The predicted molar refractivity (Wildman–Crippen MR) is 73.0 cm³/mol. The summed E-state index contributed by atoms with van der Waals surface area (Å²) in [7, 11) is 0. The van der Waals surface area contributed by atoms with Gasteiger partial charge in [0, 0.05) is 6.54 Å². The molecule has 0 fully saturated rings. The van der Waals surface area contributed by atoms with Gasteiger partial charge in [-0.15, -0.1) is 11.3 Å². The summed E-state index contributed by atoms with van der Waals surface area (Å²) in [5, 5.41) is 14.0. The van der Waals surface area contributed by atoms with E-state index in [4.69, 9.17) is 9.52 Å². The van der Waals surface area contributed by atoms with Gasteiger partial charge in [-0.3, -0.25) is 10.1 Å². The first-order chi connectivity index (χ1) is 9.20. The molecule has 0 aliphatic rings. The molecule has 0 bridgehead atoms. The van der Waals surface area contributed by atoms with Gasteiger partial charge in [-0.1, -0.05) is 19.4 Å². The standard InChI is InChI=1S/C13H16N2O3S/c1-2-4-10(13(16)17)14-7-9-8-18-12(15-9)11-5-3-6-19-11/h3,5-6,8,10,14H,2,4,7H2,1H3,(H,16,17). The van der Waals surface area contributed by atoms with Crippen LogP contribution in [-0.4, -0.2) is 22.1 Å². The number of nitrogens with one attached hydrogen (secondary N) is 1. The first kappa shape index (κ1) is 13.8. The molecule has 0 aliphatic carbocycles. The number of hydrogen-bond donors (Lipinski definition) is 2. The van der Waals surface area contributed by atoms with Gasteiger partial charge in [0.2, 0.25) is 5.89 Å². The molecule has 0 saturated heterocycles. The van der Waals surface area contributed by atoms with Gasteiger partial charge in [0.1, 0.15) is 12.3 Å². The SMILES string of the molecule is CCCC(NCc1coc(-c2cccs2)n1)C(=O)O. The molecule has 6 heteroatoms. The van der Waals surface area contributed by atoms with Crippen molar-refractivity contribution in [3.05, 3.63) is 29.5 Å². The lowest BCUT2D eigenvalue weighted by Gasteiger charge is -2.11. The molecule has 0 spiro atoms. The van der Waals surface area contributed by atoms with Crippen LogP contribution < -0.4 is 5.32 Å². The highest BCUT2D eigenvalue weighted by atomic mass is 32.1. The van der Waals surface area contributed by atoms with Gasteiger partial charge < -0.3 is 9.52 Å². The van der Waals surface area contributed by atoms with Crippen molar-refractivity contribution in [2.24, 2.45) is 0 Å². The van der Waals surface area contributed by atoms with Crippen LogP contribution in [0.1, 0.15) is 25.5 Å². The maximum Gasteiger partial charge on any atom is 0.320 e. The van der Waals surface area contributed by atoms with E-state index in [2.05, 4.69) is 10.3 Å². The number of carboxylic acids is 1. The van der Waals surface area contributed by atoms with Gasteiger partial charge in [0.05, 0.1) is 10.6 Å². The summed E-state index contributed by atoms with van der Waals surface area (Å²) < 4.78 is 5.37. The molecule has 2 rings (SSSR count). The van der Waals surface area contributed by atoms with E-state index in [1.807, 2.05) is 24.4 Å². The molecule has 0 amide bonds. The van der Waals surface area contributed by atoms with Gasteiger partial charge in [-0.05, 0) is 17.9 Å². The fraction of sp³-hybridized carbons (Fsp3) is 0.385. The second kappa shape index (κ2) is 6.49. The second-order valence-electron chi connectivity index (χ2n) is 4.18. The molecule has 19 heavy (non-hydrogen) atoms. The average Bonchev–Trinajstić information content (AvgIpc) is 3.04. The third-order valence-corrected chi connectivity index (χ3v) is 3.55. The van der Waals surface area contributed by atoms with Crippen molar-refractivity contribution < 1.29 is 14.3 Å². The predicted octanol–water partition coefficient (Wildman–Crippen LogP) is 2.75. The minimum absolute atomic E-state index is 0.395. The monoisotopic (exact) mass is 280 g/mol. The lowest BCUT2D eigenvalue weighted by atomic mass is 10.1. The summed E-state index contributed by atoms with van der Waals surface area (Å²) >= 11 is 1.56. The van der Waals surface area contributed by atoms with Gasteiger partial charge in [-0.25, -0.2) is 4.98 Å². The maximum absolute atomic E-state index is 11.0. The Morgan fingerprint density at radius 1 is 1.63 bits per heavy atom. The lowest BCUT2D eigenvalue weighted by molar-refractivity contribution is -0.139. The van der Waals surface area contributed by atoms with Crippen LogP contribution in [0.25, 0.3) is 10.8 Å². The molecule has 0 aromatic carbocycles. The Morgan fingerprint density at radius 3 is 3.11 bits per heavy atom. The van der Waals surface area contributed by atoms with Crippen LogP contribution in [0.15, 0.2) is 28.2 Å². The molecule has 0 radical (unpaired) electrons. The van der Waals surface area contributed by atoms with Crippen molar-refractivity contribution in [2.75, 3.05) is 0 Å². The van der Waals surface area contributed by atoms with E-state index in [1.54, 1.807) is 17.6 Å². The van der Waals surface area contributed by atoms with Crippen LogP contribution in [0.5, 0.6) is 0 Å². The van der Waals surface area contributed by atoms with Crippen LogP contribution >= 0.6 is 11.3 Å². The Hall–Kier alpha value is -1.66. The Morgan fingerprint density at radius 2 is 2.47 bits per heavy atom. The fourth-order valence-corrected chi connectivity index (χ4v) is 2.39. The molecule has 2 N–H and O–H groups in total. The number of rotatable bonds is 7. The first-order valence-electron chi connectivity index (χ1n) is 6.15. The Balaban J connectivity index is 1.95. The van der Waals surface area contributed by atoms with E-state index < -0.39 is 12.0 Å². The molecule has 2 aromatic heterocycles. The molecule has 1 atom stereocenters. The topological polar surface area (TPSA) is 75.4 Å². The Bertz CT molecular complexity index is 522. The summed E-state index contributed by atoms with van der Waals surface area (Å²) in [6, 6.07) is 3.33. The van der Waals surface area contributed by atoms with Crippen LogP contribution in [0.2, 0.25) is 0 Å². The number of aliphatic carboxylic acids is 1. The van der Waals surface area contributed by atoms with E-state index >= 15 is 0 Å². The average molecular weight is 280 g/mol. The molecular formula is C13H16N2O3S. The summed E-state index contributed by atoms with van der Waals surface area (Å²) in [5.74, 6) is -0.252. The van der Waals surface area contributed by atoms with Crippen LogP contribution in [0.3, 0.4) is 0 Å². The number of thiophene rings is 1. The number of oxazole rings is 1. The van der Waals surface area contributed by atoms with Gasteiger partial charge in [-0.2, -0.15) is 0 Å². The highest BCUT2D eigenvalue weighted by molar-refractivity contribution is 7.13. The summed E-state index contributed by atoms with van der Waals surface area (Å²) in [6.07, 6.45) is 2.99. The molecule has 0 saturated carbocycles. The van der Waals surface area contributed by atoms with E-state index in [1.165, 1.54) is 0 Å². The molecule has 2 heterocycles. The number of nitrogens with zero attached hydrogens (tertiary/aromatic N) is 1. The smallest absolute Gasteiger partial charge is 0.320 e. The largest absolute Gasteiger partial charge is 0.480 e. The molecule has 2 aromatic rings. The normalized spacial score (nSPS) is 12.5. The number of carbonyl (C=O) groups is 1. The molecule has 102 valence electrons.